The number of anilines is 8. The van der Waals surface area contributed by atoms with Gasteiger partial charge in [0, 0.05) is 126 Å². The second-order valence-corrected chi connectivity index (χ2v) is 28.2. The van der Waals surface area contributed by atoms with Crippen molar-refractivity contribution in [2.24, 2.45) is 0 Å². The number of thiophene rings is 4. The zero-order valence-electron chi connectivity index (χ0n) is 52.9. The first kappa shape index (κ1) is 60.5. The highest BCUT2D eigenvalue weighted by Crippen LogP contribution is 2.42. The van der Waals surface area contributed by atoms with Gasteiger partial charge in [0.2, 0.25) is 0 Å². The molecule has 0 amide bonds. The number of nitrogens with zero attached hydrogens (tertiary/aromatic N) is 1. The molecule has 0 saturated carbocycles. The van der Waals surface area contributed by atoms with E-state index in [1.807, 2.05) is 94.0 Å². The molecule has 5 aromatic heterocycles. The van der Waals surface area contributed by atoms with Crippen LogP contribution in [0, 0.1) is 6.92 Å². The van der Waals surface area contributed by atoms with Gasteiger partial charge in [-0.05, 0) is 144 Å². The molecule has 0 radical (unpaired) electrons. The van der Waals surface area contributed by atoms with E-state index in [2.05, 4.69) is 324 Å². The summed E-state index contributed by atoms with van der Waals surface area (Å²) in [5.74, 6) is 0. The van der Waals surface area contributed by atoms with Gasteiger partial charge in [0.15, 0.2) is 0 Å². The summed E-state index contributed by atoms with van der Waals surface area (Å²) in [6.07, 6.45) is 1.89. The number of hydrogen-bond donors (Lipinski definition) is 4. The van der Waals surface area contributed by atoms with E-state index in [4.69, 9.17) is 0 Å². The number of aromatic nitrogens is 1. The number of para-hydroxylation sites is 1. The maximum Gasteiger partial charge on any atom is 0.0703 e. The molecule has 0 saturated heterocycles. The van der Waals surface area contributed by atoms with Crippen LogP contribution in [0.4, 0.5) is 45.5 Å². The molecule has 5 nitrogen and oxygen atoms in total. The Morgan fingerprint density at radius 1 is 0.227 bits per heavy atom. The number of rotatable bonds is 10. The first-order chi connectivity index (χ1) is 47.9. The van der Waals surface area contributed by atoms with Crippen LogP contribution in [-0.2, 0) is 0 Å². The van der Waals surface area contributed by atoms with Crippen molar-refractivity contribution in [3.8, 4) is 22.4 Å². The summed E-state index contributed by atoms with van der Waals surface area (Å²) in [5.41, 5.74) is 14.7. The van der Waals surface area contributed by atoms with Gasteiger partial charge >= 0.3 is 0 Å². The Bertz CT molecular complexity index is 5940. The molecule has 464 valence electrons. The third-order valence-corrected chi connectivity index (χ3v) is 21.9. The van der Waals surface area contributed by atoms with Crippen LogP contribution in [0.5, 0.6) is 0 Å². The predicted molar refractivity (Wildman–Crippen MR) is 427 cm³/mol. The summed E-state index contributed by atoms with van der Waals surface area (Å²) in [6.45, 7) is 2.10. The predicted octanol–water partition coefficient (Wildman–Crippen LogP) is 27.4. The summed E-state index contributed by atoms with van der Waals surface area (Å²) in [4.78, 5) is 4.62. The fourth-order valence-corrected chi connectivity index (χ4v) is 17.2. The van der Waals surface area contributed by atoms with Gasteiger partial charge in [-0.2, -0.15) is 0 Å². The van der Waals surface area contributed by atoms with Crippen molar-refractivity contribution in [2.75, 3.05) is 21.3 Å². The van der Waals surface area contributed by atoms with Crippen molar-refractivity contribution in [3.05, 3.63) is 345 Å². The Labute approximate surface area is 578 Å². The highest BCUT2D eigenvalue weighted by Gasteiger charge is 2.12. The van der Waals surface area contributed by atoms with Gasteiger partial charge in [0.05, 0.1) is 17.6 Å². The lowest BCUT2D eigenvalue weighted by Crippen LogP contribution is -1.91. The van der Waals surface area contributed by atoms with E-state index in [-0.39, 0.29) is 0 Å². The molecule has 0 fully saturated rings. The maximum absolute atomic E-state index is 4.62. The van der Waals surface area contributed by atoms with Crippen molar-refractivity contribution in [2.45, 2.75) is 6.92 Å². The molecule has 0 spiro atoms. The van der Waals surface area contributed by atoms with Crippen LogP contribution >= 0.6 is 45.3 Å². The summed E-state index contributed by atoms with van der Waals surface area (Å²) >= 11 is 7.40. The Balaban J connectivity index is 0.000000103. The highest BCUT2D eigenvalue weighted by atomic mass is 32.1. The second-order valence-electron chi connectivity index (χ2n) is 23.9. The van der Waals surface area contributed by atoms with Crippen LogP contribution in [0.25, 0.3) is 114 Å². The Morgan fingerprint density at radius 2 is 0.567 bits per heavy atom. The quantitative estimate of drug-likeness (QED) is 0.110. The molecule has 9 heteroatoms. The number of nitrogens with one attached hydrogen (secondary N) is 4. The smallest absolute Gasteiger partial charge is 0.0703 e. The standard InChI is InChI=1S/C27H18N2S.C24H17NS.C19H15NS.C18H13NS/c1-2-7-19(8-3-1)25-15-12-21(17-28-25)29-20-11-14-23-24-13-10-18-6-4-5-9-22(18)27(24)30-26(23)16-20;1-2-6-17(7-3-1)18-10-12-19(13-11-18)25-20-14-15-22-21-8-4-5-9-23(21)26-24(22)16-20;1-13-6-8-14(9-7-13)20-15-10-11-17-16-4-2-3-5-18(16)21-19(17)12-15;1-2-6-13(7-3-1)19-14-10-11-16-15-8-4-5-9-17(15)20-18(16)12-14/h1-17,29H;1-16,25H;2-12,20H,1H3;1-12,19H. The summed E-state index contributed by atoms with van der Waals surface area (Å²) in [7, 11) is 0. The van der Waals surface area contributed by atoms with Crippen LogP contribution in [0.1, 0.15) is 5.56 Å². The summed E-state index contributed by atoms with van der Waals surface area (Å²) < 4.78 is 10.7. The number of benzene rings is 14. The zero-order chi connectivity index (χ0) is 64.9. The average Bonchev–Trinajstić information content (AvgIpc) is 1.64. The van der Waals surface area contributed by atoms with Gasteiger partial charge < -0.3 is 21.3 Å². The van der Waals surface area contributed by atoms with Crippen molar-refractivity contribution in [1.29, 1.82) is 0 Å². The van der Waals surface area contributed by atoms with Crippen molar-refractivity contribution >= 4 is 182 Å². The lowest BCUT2D eigenvalue weighted by molar-refractivity contribution is 1.32. The maximum atomic E-state index is 4.62. The molecular weight excluding hydrogens is 1260 g/mol. The third-order valence-electron chi connectivity index (χ3n) is 17.3. The van der Waals surface area contributed by atoms with Gasteiger partial charge in [-0.25, -0.2) is 0 Å². The molecule has 97 heavy (non-hydrogen) atoms. The molecule has 19 aromatic rings. The normalized spacial score (nSPS) is 11.1. The van der Waals surface area contributed by atoms with E-state index in [0.717, 1.165) is 56.8 Å². The molecule has 0 aliphatic rings. The monoisotopic (exact) mass is 1320 g/mol. The molecule has 0 aliphatic carbocycles. The fourth-order valence-electron chi connectivity index (χ4n) is 12.4. The number of fused-ring (bicyclic) bond motifs is 14. The lowest BCUT2D eigenvalue weighted by atomic mass is 10.1. The highest BCUT2D eigenvalue weighted by molar-refractivity contribution is 7.27. The second kappa shape index (κ2) is 27.5. The molecule has 5 heterocycles. The minimum atomic E-state index is 0.980. The summed E-state index contributed by atoms with van der Waals surface area (Å²) in [6, 6.07) is 117. The zero-order valence-corrected chi connectivity index (χ0v) is 56.2. The SMILES string of the molecule is Cc1ccc(Nc2ccc3c(c2)sc2ccccc23)cc1.c1ccc(-c2ccc(Nc3ccc4c(c3)sc3c5ccccc5ccc43)cn2)cc1.c1ccc(-c2ccc(Nc3ccc4c(c3)sc3ccccc34)cc2)cc1.c1ccc(Nc2ccc3c(c2)sc2ccccc23)cc1. The Kier molecular flexibility index (Phi) is 17.2. The van der Waals surface area contributed by atoms with E-state index in [1.165, 1.54) is 108 Å². The molecule has 0 aliphatic heterocycles. The van der Waals surface area contributed by atoms with Gasteiger partial charge in [0.1, 0.15) is 0 Å². The molecule has 19 rings (SSSR count). The Morgan fingerprint density at radius 3 is 1.05 bits per heavy atom. The number of hydrogen-bond acceptors (Lipinski definition) is 9. The van der Waals surface area contributed by atoms with Crippen LogP contribution in [-0.4, -0.2) is 4.98 Å². The molecule has 0 atom stereocenters. The van der Waals surface area contributed by atoms with Crippen LogP contribution in [0.15, 0.2) is 340 Å². The summed E-state index contributed by atoms with van der Waals surface area (Å²) in [5, 5.41) is 27.2. The molecular formula is C88H63N5S4. The topological polar surface area (TPSA) is 61.0 Å². The first-order valence-electron chi connectivity index (χ1n) is 32.4. The Hall–Kier alpha value is -11.4. The van der Waals surface area contributed by atoms with E-state index in [0.29, 0.717) is 0 Å². The van der Waals surface area contributed by atoms with Crippen LogP contribution < -0.4 is 21.3 Å². The van der Waals surface area contributed by atoms with Crippen molar-refractivity contribution in [3.63, 3.8) is 0 Å². The molecule has 0 unspecified atom stereocenters. The van der Waals surface area contributed by atoms with E-state index in [1.54, 1.807) is 0 Å². The third kappa shape index (κ3) is 13.4. The fraction of sp³-hybridized carbons (Fsp3) is 0.0114. The van der Waals surface area contributed by atoms with Gasteiger partial charge in [0.25, 0.3) is 0 Å². The number of aryl methyl sites for hydroxylation is 1. The first-order valence-corrected chi connectivity index (χ1v) is 35.6. The number of pyridine rings is 1. The van der Waals surface area contributed by atoms with Crippen molar-refractivity contribution < 1.29 is 0 Å². The van der Waals surface area contributed by atoms with E-state index < -0.39 is 0 Å². The van der Waals surface area contributed by atoms with E-state index >= 15 is 0 Å². The lowest BCUT2D eigenvalue weighted by Gasteiger charge is -2.08. The molecule has 14 aromatic carbocycles. The van der Waals surface area contributed by atoms with Gasteiger partial charge in [-0.1, -0.05) is 224 Å². The minimum absolute atomic E-state index is 0.980. The molecule has 0 bridgehead atoms. The molecule has 4 N–H and O–H groups in total. The van der Waals surface area contributed by atoms with Crippen molar-refractivity contribution in [1.82, 2.24) is 4.98 Å². The minimum Gasteiger partial charge on any atom is -0.355 e. The largest absolute Gasteiger partial charge is 0.355 e. The van der Waals surface area contributed by atoms with Gasteiger partial charge in [-0.3, -0.25) is 4.98 Å². The van der Waals surface area contributed by atoms with Crippen LogP contribution in [0.3, 0.4) is 0 Å². The average molecular weight is 1320 g/mol. The van der Waals surface area contributed by atoms with Crippen LogP contribution in [0.2, 0.25) is 0 Å². The van der Waals surface area contributed by atoms with Gasteiger partial charge in [-0.15, -0.1) is 45.3 Å². The van der Waals surface area contributed by atoms with E-state index in [9.17, 15) is 0 Å².